The SMILES string of the molecule is O=C(O)/C=C/C(=O)O.[2H]C([2H])([2H])OCCCOc1cc(C[C@@H](C[C@H](N)[C@@H](O)C[C@H](C(=O)NCC(C)(C)C(N)=O)C(C)C)C(C)C)ccc1OC([2H])([2H])[2H].[2H]C([2H])([2H])OCCCOc1cc(C[C@@H](C[C@H](N)[C@@H](O)C[C@H](C(=O)NCC(C)(C)C(N)=O)C(C)C)C(C)C)ccc1OC([2H])([2H])[2H]. The summed E-state index contributed by atoms with van der Waals surface area (Å²) < 4.78 is 119. The fourth-order valence-corrected chi connectivity index (χ4v) is 8.61. The molecular formula is C64H110N6O16. The highest BCUT2D eigenvalue weighted by molar-refractivity contribution is 5.89. The van der Waals surface area contributed by atoms with Crippen LogP contribution < -0.4 is 52.5 Å². The van der Waals surface area contributed by atoms with E-state index >= 15 is 0 Å². The Bertz CT molecular complexity index is 2620. The number of carbonyl (C=O) groups is 6. The molecule has 0 saturated carbocycles. The Kier molecular flexibility index (Phi) is 28.8. The Morgan fingerprint density at radius 3 is 1.16 bits per heavy atom. The van der Waals surface area contributed by atoms with Crippen LogP contribution in [0.3, 0.4) is 0 Å². The summed E-state index contributed by atoms with van der Waals surface area (Å²) in [7, 11) is -10.4. The van der Waals surface area contributed by atoms with Crippen LogP contribution >= 0.6 is 0 Å². The average molecular weight is 1230 g/mol. The Labute approximate surface area is 529 Å². The summed E-state index contributed by atoms with van der Waals surface area (Å²) in [5.74, 6) is -4.49. The van der Waals surface area contributed by atoms with E-state index in [4.69, 9.17) is 78.0 Å². The minimum atomic E-state index is -2.70. The average Bonchev–Trinajstić information content (AvgIpc) is 0.898. The third-order valence-corrected chi connectivity index (χ3v) is 14.9. The molecule has 0 unspecified atom stereocenters. The van der Waals surface area contributed by atoms with Gasteiger partial charge in [0.2, 0.25) is 23.6 Å². The zero-order chi connectivity index (χ0) is 76.1. The van der Waals surface area contributed by atoms with Gasteiger partial charge in [0.05, 0.1) is 66.8 Å². The second kappa shape index (κ2) is 41.2. The van der Waals surface area contributed by atoms with Crippen LogP contribution in [0.1, 0.15) is 149 Å². The summed E-state index contributed by atoms with van der Waals surface area (Å²) in [6.07, 6.45) is 2.01. The predicted octanol–water partition coefficient (Wildman–Crippen LogP) is 6.30. The van der Waals surface area contributed by atoms with Crippen LogP contribution in [-0.2, 0) is 51.1 Å². The molecule has 0 heterocycles. The van der Waals surface area contributed by atoms with Crippen molar-refractivity contribution in [3.05, 3.63) is 59.7 Å². The predicted molar refractivity (Wildman–Crippen MR) is 333 cm³/mol. The van der Waals surface area contributed by atoms with E-state index < -0.39 is 98.9 Å². The van der Waals surface area contributed by atoms with Gasteiger partial charge in [0, 0.05) is 89.3 Å². The van der Waals surface area contributed by atoms with Crippen LogP contribution in [0.2, 0.25) is 0 Å². The minimum Gasteiger partial charge on any atom is -0.493 e. The lowest BCUT2D eigenvalue weighted by Crippen LogP contribution is -2.46. The van der Waals surface area contributed by atoms with Crippen LogP contribution in [0.4, 0.5) is 0 Å². The number of rotatable bonds is 40. The standard InChI is InChI=1S/2C30H53N3O6.C4H4O4/c2*1-19(2)22(14-21-10-11-26(38-8)27(15-21)39-13-9-12-37-7)16-24(31)25(34)17-23(20(3)4)28(35)33-18-30(5,6)29(32)36;5-3(6)1-2-4(7)8/h2*10-11,15,19-20,22-25,34H,9,12-14,16-18,31H2,1-8H3,(H2,32,36)(H,33,35);1-2H,(H,5,6)(H,7,8)/b;;2-1+/t2*22-,23-,24-,25-;/m00./s1/i2*7D3,8D3;. The number of aliphatic hydroxyl groups excluding tert-OH is 2. The number of nitrogens with one attached hydrogen (secondary N) is 2. The van der Waals surface area contributed by atoms with Gasteiger partial charge in [-0.3, -0.25) is 19.2 Å². The molecule has 4 amide bonds. The molecule has 2 aromatic carbocycles. The molecule has 2 aromatic rings. The molecule has 22 nitrogen and oxygen atoms in total. The first kappa shape index (κ1) is 60.3. The zero-order valence-electron chi connectivity index (χ0n) is 64.4. The summed E-state index contributed by atoms with van der Waals surface area (Å²) >= 11 is 0. The van der Waals surface area contributed by atoms with Crippen molar-refractivity contribution in [2.75, 3.05) is 67.7 Å². The third-order valence-electron chi connectivity index (χ3n) is 14.9. The van der Waals surface area contributed by atoms with E-state index in [1.54, 1.807) is 52.0 Å². The number of primary amides is 2. The van der Waals surface area contributed by atoms with Crippen molar-refractivity contribution < 1.29 is 94.1 Å². The normalized spacial score (nSPS) is 17.2. The van der Waals surface area contributed by atoms with E-state index in [0.717, 1.165) is 11.1 Å². The van der Waals surface area contributed by atoms with Crippen LogP contribution in [0.15, 0.2) is 48.6 Å². The molecule has 0 aliphatic rings. The summed E-state index contributed by atoms with van der Waals surface area (Å²) in [5.41, 5.74) is 23.7. The number of hydrogen-bond donors (Lipinski definition) is 10. The Morgan fingerprint density at radius 1 is 0.535 bits per heavy atom. The number of carboxylic acids is 2. The van der Waals surface area contributed by atoms with E-state index in [1.807, 2.05) is 55.4 Å². The molecule has 0 radical (unpaired) electrons. The zero-order valence-corrected chi connectivity index (χ0v) is 52.4. The Hall–Kier alpha value is -6.04. The third kappa shape index (κ3) is 31.6. The van der Waals surface area contributed by atoms with Gasteiger partial charge in [-0.05, 0) is 137 Å². The van der Waals surface area contributed by atoms with Gasteiger partial charge in [0.1, 0.15) is 0 Å². The number of hydrogen-bond acceptors (Lipinski definition) is 16. The smallest absolute Gasteiger partial charge is 0.328 e. The lowest BCUT2D eigenvalue weighted by atomic mass is 9.80. The van der Waals surface area contributed by atoms with Crippen molar-refractivity contribution in [2.24, 2.45) is 81.1 Å². The molecule has 22 heteroatoms. The monoisotopic (exact) mass is 1230 g/mol. The molecule has 0 saturated heterocycles. The number of ether oxygens (including phenoxy) is 6. The topological polar surface area (TPSA) is 367 Å². The molecule has 86 heavy (non-hydrogen) atoms. The molecular weight excluding hydrogens is 1110 g/mol. The van der Waals surface area contributed by atoms with Crippen molar-refractivity contribution >= 4 is 35.6 Å². The summed E-state index contributed by atoms with van der Waals surface area (Å²) in [6.45, 7) is 22.5. The van der Waals surface area contributed by atoms with E-state index in [-0.39, 0.29) is 136 Å². The molecule has 14 N–H and O–H groups in total. The second-order valence-corrected chi connectivity index (χ2v) is 24.3. The van der Waals surface area contributed by atoms with Crippen molar-refractivity contribution in [3.63, 3.8) is 0 Å². The summed E-state index contributed by atoms with van der Waals surface area (Å²) in [5, 5.41) is 43.3. The molecule has 0 aliphatic heterocycles. The summed E-state index contributed by atoms with van der Waals surface area (Å²) in [4.78, 5) is 68.4. The molecule has 8 atom stereocenters. The first-order valence-electron chi connectivity index (χ1n) is 35.0. The number of aliphatic carboxylic acids is 2. The van der Waals surface area contributed by atoms with Crippen molar-refractivity contribution in [3.8, 4) is 23.0 Å². The van der Waals surface area contributed by atoms with Gasteiger partial charge in [0.15, 0.2) is 23.0 Å². The van der Waals surface area contributed by atoms with Gasteiger partial charge >= 0.3 is 11.9 Å². The van der Waals surface area contributed by atoms with E-state index in [2.05, 4.69) is 10.6 Å². The number of carbonyl (C=O) groups excluding carboxylic acids is 4. The maximum atomic E-state index is 13.0. The maximum absolute atomic E-state index is 13.0. The highest BCUT2D eigenvalue weighted by Crippen LogP contribution is 2.34. The van der Waals surface area contributed by atoms with Crippen molar-refractivity contribution in [1.82, 2.24) is 10.6 Å². The van der Waals surface area contributed by atoms with Gasteiger partial charge in [-0.25, -0.2) is 9.59 Å². The van der Waals surface area contributed by atoms with Crippen LogP contribution in [0.5, 0.6) is 23.0 Å². The Morgan fingerprint density at radius 2 is 0.884 bits per heavy atom. The van der Waals surface area contributed by atoms with E-state index in [0.29, 0.717) is 37.8 Å². The molecule has 2 rings (SSSR count). The van der Waals surface area contributed by atoms with Crippen molar-refractivity contribution in [2.45, 2.75) is 159 Å². The summed E-state index contributed by atoms with van der Waals surface area (Å²) in [6, 6.07) is 8.67. The first-order chi connectivity index (χ1) is 44.7. The highest BCUT2D eigenvalue weighted by Gasteiger charge is 2.34. The lowest BCUT2D eigenvalue weighted by Gasteiger charge is -2.30. The number of benzene rings is 2. The molecule has 492 valence electrons. The van der Waals surface area contributed by atoms with Gasteiger partial charge in [-0.1, -0.05) is 67.5 Å². The second-order valence-electron chi connectivity index (χ2n) is 24.3. The number of methoxy groups -OCH3 is 4. The molecule has 0 fully saturated rings. The number of nitrogens with two attached hydrogens (primary N) is 4. The van der Waals surface area contributed by atoms with Gasteiger partial charge in [0.25, 0.3) is 0 Å². The largest absolute Gasteiger partial charge is 0.493 e. The minimum absolute atomic E-state index is 0.0206. The van der Waals surface area contributed by atoms with Gasteiger partial charge in [-0.15, -0.1) is 0 Å². The molecule has 0 bridgehead atoms. The fourth-order valence-electron chi connectivity index (χ4n) is 8.61. The van der Waals surface area contributed by atoms with Gasteiger partial charge in [-0.2, -0.15) is 0 Å². The molecule has 0 aromatic heterocycles. The quantitative estimate of drug-likeness (QED) is 0.0258. The van der Waals surface area contributed by atoms with E-state index in [1.165, 1.54) is 12.1 Å². The number of carboxylic acid groups (broad SMARTS) is 2. The maximum Gasteiger partial charge on any atom is 0.328 e. The van der Waals surface area contributed by atoms with E-state index in [9.17, 15) is 39.0 Å². The lowest BCUT2D eigenvalue weighted by molar-refractivity contribution is -0.134. The van der Waals surface area contributed by atoms with Crippen LogP contribution in [0, 0.1) is 58.2 Å². The fraction of sp³-hybridized carbons (Fsp3) is 0.688. The number of aliphatic hydroxyl groups is 2. The van der Waals surface area contributed by atoms with Crippen molar-refractivity contribution in [1.29, 1.82) is 0 Å². The number of amides is 4. The Balaban J connectivity index is 0.00000172. The van der Waals surface area contributed by atoms with Gasteiger partial charge < -0.3 is 82.4 Å². The molecule has 0 aliphatic carbocycles. The van der Waals surface area contributed by atoms with Crippen LogP contribution in [0.25, 0.3) is 0 Å². The molecule has 0 spiro atoms. The first-order valence-corrected chi connectivity index (χ1v) is 29.0. The highest BCUT2D eigenvalue weighted by atomic mass is 16.5. The van der Waals surface area contributed by atoms with Crippen LogP contribution in [-0.4, -0.2) is 148 Å².